The first kappa shape index (κ1) is 13.7. The number of carbonyl (C=O) groups is 1. The molecule has 94 valence electrons. The van der Waals surface area contributed by atoms with E-state index in [0.29, 0.717) is 5.56 Å². The number of benzene rings is 1. The molecule has 4 nitrogen and oxygen atoms in total. The third kappa shape index (κ3) is 4.17. The largest absolute Gasteiger partial charge is 0.389 e. The van der Waals surface area contributed by atoms with Crippen LogP contribution in [0.2, 0.25) is 0 Å². The molecule has 0 radical (unpaired) electrons. The Morgan fingerprint density at radius 1 is 1.53 bits per heavy atom. The number of nitrogens with zero attached hydrogens (tertiary/aromatic N) is 1. The van der Waals surface area contributed by atoms with Crippen LogP contribution in [-0.4, -0.2) is 49.3 Å². The van der Waals surface area contributed by atoms with E-state index in [1.807, 2.05) is 25.1 Å². The van der Waals surface area contributed by atoms with E-state index in [1.165, 1.54) is 12.0 Å². The van der Waals surface area contributed by atoms with Gasteiger partial charge in [0, 0.05) is 26.3 Å². The van der Waals surface area contributed by atoms with Crippen LogP contribution in [0.3, 0.4) is 0 Å². The molecule has 0 heterocycles. The zero-order valence-electron chi connectivity index (χ0n) is 10.5. The standard InChI is InChI=1S/C13H19NO3/c1-10-5-4-6-11(7-10)13(16)14(2)8-12(15)9-17-3/h4-7,12,15H,8-9H2,1-3H3. The Kier molecular flexibility index (Phi) is 5.12. The van der Waals surface area contributed by atoms with Crippen LogP contribution >= 0.6 is 0 Å². The highest BCUT2D eigenvalue weighted by Crippen LogP contribution is 2.07. The lowest BCUT2D eigenvalue weighted by Gasteiger charge is -2.20. The minimum absolute atomic E-state index is 0.0937. The Morgan fingerprint density at radius 2 is 2.24 bits per heavy atom. The van der Waals surface area contributed by atoms with Crippen LogP contribution in [0, 0.1) is 6.92 Å². The third-order valence-corrected chi connectivity index (χ3v) is 2.46. The van der Waals surface area contributed by atoms with Crippen molar-refractivity contribution in [2.45, 2.75) is 13.0 Å². The van der Waals surface area contributed by atoms with E-state index < -0.39 is 6.10 Å². The summed E-state index contributed by atoms with van der Waals surface area (Å²) in [6.07, 6.45) is -0.654. The summed E-state index contributed by atoms with van der Waals surface area (Å²) in [5.41, 5.74) is 1.68. The average Bonchev–Trinajstić information content (AvgIpc) is 2.28. The van der Waals surface area contributed by atoms with Crippen molar-refractivity contribution in [3.8, 4) is 0 Å². The van der Waals surface area contributed by atoms with E-state index >= 15 is 0 Å². The van der Waals surface area contributed by atoms with Gasteiger partial charge in [-0.2, -0.15) is 0 Å². The lowest BCUT2D eigenvalue weighted by Crippen LogP contribution is -2.36. The maximum Gasteiger partial charge on any atom is 0.253 e. The number of rotatable bonds is 5. The van der Waals surface area contributed by atoms with E-state index in [4.69, 9.17) is 4.74 Å². The monoisotopic (exact) mass is 237 g/mol. The van der Waals surface area contributed by atoms with Gasteiger partial charge in [0.1, 0.15) is 0 Å². The van der Waals surface area contributed by atoms with Crippen LogP contribution in [-0.2, 0) is 4.74 Å². The van der Waals surface area contributed by atoms with Crippen LogP contribution in [0.1, 0.15) is 15.9 Å². The molecule has 17 heavy (non-hydrogen) atoms. The lowest BCUT2D eigenvalue weighted by atomic mass is 10.1. The Balaban J connectivity index is 2.63. The smallest absolute Gasteiger partial charge is 0.253 e. The molecule has 1 N–H and O–H groups in total. The van der Waals surface area contributed by atoms with Crippen molar-refractivity contribution in [1.29, 1.82) is 0 Å². The number of aryl methyl sites for hydroxylation is 1. The summed E-state index contributed by atoms with van der Waals surface area (Å²) in [7, 11) is 3.19. The van der Waals surface area contributed by atoms with Crippen molar-refractivity contribution in [3.05, 3.63) is 35.4 Å². The predicted octanol–water partition coefficient (Wildman–Crippen LogP) is 1.07. The number of likely N-dealkylation sites (N-methyl/N-ethyl adjacent to an activating group) is 1. The van der Waals surface area contributed by atoms with Gasteiger partial charge in [0.25, 0.3) is 5.91 Å². The summed E-state index contributed by atoms with van der Waals surface area (Å²) in [6.45, 7) is 2.43. The summed E-state index contributed by atoms with van der Waals surface area (Å²) in [4.78, 5) is 13.5. The molecule has 0 saturated carbocycles. The Morgan fingerprint density at radius 3 is 2.82 bits per heavy atom. The number of aliphatic hydroxyl groups excluding tert-OH is 1. The van der Waals surface area contributed by atoms with Crippen LogP contribution in [0.15, 0.2) is 24.3 Å². The summed E-state index contributed by atoms with van der Waals surface area (Å²) in [6, 6.07) is 7.40. The second kappa shape index (κ2) is 6.37. The number of hydrogen-bond acceptors (Lipinski definition) is 3. The molecule has 1 atom stereocenters. The number of aliphatic hydroxyl groups is 1. The van der Waals surface area contributed by atoms with E-state index in [0.717, 1.165) is 5.56 Å². The highest BCUT2D eigenvalue weighted by molar-refractivity contribution is 5.94. The Labute approximate surface area is 102 Å². The zero-order valence-corrected chi connectivity index (χ0v) is 10.5. The fraction of sp³-hybridized carbons (Fsp3) is 0.462. The number of ether oxygens (including phenoxy) is 1. The summed E-state index contributed by atoms with van der Waals surface area (Å²) < 4.78 is 4.82. The van der Waals surface area contributed by atoms with Crippen molar-refractivity contribution >= 4 is 5.91 Å². The number of carbonyl (C=O) groups excluding carboxylic acids is 1. The van der Waals surface area contributed by atoms with Gasteiger partial charge in [-0.25, -0.2) is 0 Å². The highest BCUT2D eigenvalue weighted by Gasteiger charge is 2.15. The first-order valence-corrected chi connectivity index (χ1v) is 5.53. The van der Waals surface area contributed by atoms with Crippen molar-refractivity contribution in [3.63, 3.8) is 0 Å². The maximum absolute atomic E-state index is 12.0. The van der Waals surface area contributed by atoms with Crippen LogP contribution in [0.5, 0.6) is 0 Å². The molecule has 0 saturated heterocycles. The predicted molar refractivity (Wildman–Crippen MR) is 66.0 cm³/mol. The molecule has 0 spiro atoms. The van der Waals surface area contributed by atoms with Crippen molar-refractivity contribution in [2.24, 2.45) is 0 Å². The van der Waals surface area contributed by atoms with Gasteiger partial charge in [-0.15, -0.1) is 0 Å². The van der Waals surface area contributed by atoms with Gasteiger partial charge < -0.3 is 14.7 Å². The molecule has 1 amide bonds. The molecule has 1 aromatic carbocycles. The van der Waals surface area contributed by atoms with Crippen LogP contribution < -0.4 is 0 Å². The number of methoxy groups -OCH3 is 1. The molecule has 1 aromatic rings. The molecule has 1 unspecified atom stereocenters. The molecule has 4 heteroatoms. The normalized spacial score (nSPS) is 12.2. The molecule has 0 aliphatic carbocycles. The number of amides is 1. The quantitative estimate of drug-likeness (QED) is 0.833. The summed E-state index contributed by atoms with van der Waals surface area (Å²) >= 11 is 0. The minimum atomic E-state index is -0.654. The molecular weight excluding hydrogens is 218 g/mol. The van der Waals surface area contributed by atoms with Crippen molar-refractivity contribution in [2.75, 3.05) is 27.3 Å². The maximum atomic E-state index is 12.0. The second-order valence-electron chi connectivity index (χ2n) is 4.16. The molecular formula is C13H19NO3. The first-order chi connectivity index (χ1) is 8.04. The molecule has 0 fully saturated rings. The fourth-order valence-electron chi connectivity index (χ4n) is 1.64. The fourth-order valence-corrected chi connectivity index (χ4v) is 1.64. The molecule has 0 bridgehead atoms. The first-order valence-electron chi connectivity index (χ1n) is 5.53. The molecule has 1 rings (SSSR count). The zero-order chi connectivity index (χ0) is 12.8. The minimum Gasteiger partial charge on any atom is -0.389 e. The van der Waals surface area contributed by atoms with Gasteiger partial charge in [0.2, 0.25) is 0 Å². The van der Waals surface area contributed by atoms with Gasteiger partial charge in [-0.05, 0) is 19.1 Å². The summed E-state index contributed by atoms with van der Waals surface area (Å²) in [5, 5.41) is 9.55. The van der Waals surface area contributed by atoms with Crippen LogP contribution in [0.25, 0.3) is 0 Å². The van der Waals surface area contributed by atoms with E-state index in [9.17, 15) is 9.90 Å². The van der Waals surface area contributed by atoms with E-state index in [2.05, 4.69) is 0 Å². The van der Waals surface area contributed by atoms with Gasteiger partial charge >= 0.3 is 0 Å². The molecule has 0 aromatic heterocycles. The average molecular weight is 237 g/mol. The Bertz CT molecular complexity index is 379. The van der Waals surface area contributed by atoms with Gasteiger partial charge in [0.15, 0.2) is 0 Å². The SMILES string of the molecule is COCC(O)CN(C)C(=O)c1cccc(C)c1. The molecule has 0 aliphatic rings. The van der Waals surface area contributed by atoms with Crippen molar-refractivity contribution in [1.82, 2.24) is 4.90 Å². The Hall–Kier alpha value is -1.39. The van der Waals surface area contributed by atoms with E-state index in [1.54, 1.807) is 13.1 Å². The summed E-state index contributed by atoms with van der Waals surface area (Å²) in [5.74, 6) is -0.0937. The van der Waals surface area contributed by atoms with Gasteiger partial charge in [0.05, 0.1) is 12.7 Å². The second-order valence-corrected chi connectivity index (χ2v) is 4.16. The topological polar surface area (TPSA) is 49.8 Å². The third-order valence-electron chi connectivity index (χ3n) is 2.46. The highest BCUT2D eigenvalue weighted by atomic mass is 16.5. The van der Waals surface area contributed by atoms with Gasteiger partial charge in [-0.1, -0.05) is 17.7 Å². The number of hydrogen-bond donors (Lipinski definition) is 1. The van der Waals surface area contributed by atoms with Crippen LogP contribution in [0.4, 0.5) is 0 Å². The van der Waals surface area contributed by atoms with Gasteiger partial charge in [-0.3, -0.25) is 4.79 Å². The molecule has 0 aliphatic heterocycles. The van der Waals surface area contributed by atoms with E-state index in [-0.39, 0.29) is 19.1 Å². The van der Waals surface area contributed by atoms with Crippen molar-refractivity contribution < 1.29 is 14.6 Å². The lowest BCUT2D eigenvalue weighted by molar-refractivity contribution is 0.0380.